The highest BCUT2D eigenvalue weighted by molar-refractivity contribution is 9.10. The molecule has 0 amide bonds. The Morgan fingerprint density at radius 3 is 2.71 bits per heavy atom. The highest BCUT2D eigenvalue weighted by atomic mass is 79.9. The molecule has 0 saturated heterocycles. The maximum absolute atomic E-state index is 13.3. The zero-order valence-corrected chi connectivity index (χ0v) is 15.0. The number of hydrogen-bond acceptors (Lipinski definition) is 2. The first-order valence-corrected chi connectivity index (χ1v) is 8.73. The van der Waals surface area contributed by atoms with Gasteiger partial charge in [0.1, 0.15) is 18.2 Å². The molecule has 0 fully saturated rings. The second kappa shape index (κ2) is 7.77. The summed E-state index contributed by atoms with van der Waals surface area (Å²) in [6.07, 6.45) is 0. The lowest BCUT2D eigenvalue weighted by Crippen LogP contribution is -2.24. The van der Waals surface area contributed by atoms with Crippen molar-refractivity contribution in [3.63, 3.8) is 0 Å². The minimum absolute atomic E-state index is 0.207. The van der Waals surface area contributed by atoms with Crippen molar-refractivity contribution in [3.05, 3.63) is 76.5 Å². The molecule has 3 rings (SSSR count). The first-order valence-electron chi connectivity index (χ1n) is 7.93. The monoisotopic (exact) mass is 387 g/mol. The molecule has 3 aromatic rings. The maximum Gasteiger partial charge on any atom is 0.128 e. The van der Waals surface area contributed by atoms with Crippen LogP contribution in [0.2, 0.25) is 0 Å². The van der Waals surface area contributed by atoms with Gasteiger partial charge in [-0.15, -0.1) is 0 Å². The van der Waals surface area contributed by atoms with Crippen LogP contribution in [0.5, 0.6) is 5.75 Å². The molecule has 0 aliphatic carbocycles. The van der Waals surface area contributed by atoms with Crippen LogP contribution in [0.3, 0.4) is 0 Å². The summed E-state index contributed by atoms with van der Waals surface area (Å²) in [6.45, 7) is 3.30. The van der Waals surface area contributed by atoms with E-state index in [-0.39, 0.29) is 11.9 Å². The van der Waals surface area contributed by atoms with E-state index < -0.39 is 0 Å². The third-order valence-electron chi connectivity index (χ3n) is 3.95. The van der Waals surface area contributed by atoms with E-state index in [9.17, 15) is 4.39 Å². The number of rotatable bonds is 6. The minimum atomic E-state index is -0.309. The van der Waals surface area contributed by atoms with E-state index in [4.69, 9.17) is 4.74 Å². The van der Waals surface area contributed by atoms with Gasteiger partial charge >= 0.3 is 0 Å². The Morgan fingerprint density at radius 2 is 1.88 bits per heavy atom. The Hall–Kier alpha value is -1.91. The van der Waals surface area contributed by atoms with E-state index >= 15 is 0 Å². The molecule has 0 unspecified atom stereocenters. The van der Waals surface area contributed by atoms with Crippen molar-refractivity contribution < 1.29 is 9.13 Å². The van der Waals surface area contributed by atoms with Gasteiger partial charge in [0, 0.05) is 23.1 Å². The molecular formula is C20H19BrFNO. The van der Waals surface area contributed by atoms with Crippen LogP contribution in [0.25, 0.3) is 10.8 Å². The topological polar surface area (TPSA) is 21.3 Å². The molecule has 0 radical (unpaired) electrons. The number of benzene rings is 3. The van der Waals surface area contributed by atoms with Gasteiger partial charge in [0.2, 0.25) is 0 Å². The molecule has 124 valence electrons. The van der Waals surface area contributed by atoms with Crippen molar-refractivity contribution in [1.29, 1.82) is 0 Å². The van der Waals surface area contributed by atoms with Gasteiger partial charge in [-0.3, -0.25) is 0 Å². The fourth-order valence-corrected chi connectivity index (χ4v) is 3.24. The zero-order valence-electron chi connectivity index (χ0n) is 13.4. The van der Waals surface area contributed by atoms with Crippen LogP contribution >= 0.6 is 15.9 Å². The average molecular weight is 388 g/mol. The highest BCUT2D eigenvalue weighted by Gasteiger charge is 2.08. The van der Waals surface area contributed by atoms with E-state index in [2.05, 4.69) is 70.6 Å². The summed E-state index contributed by atoms with van der Waals surface area (Å²) in [5.74, 6) is 0.220. The standard InChI is InChI=1S/C20H19BrFNO/c1-14(19-8-4-6-15-5-2-3-7-20(15)19)23-9-10-24-18-12-16(21)11-17(22)13-18/h2-8,11-14,23H,9-10H2,1H3/t14-/m1/s1. The van der Waals surface area contributed by atoms with Gasteiger partial charge in [-0.05, 0) is 35.4 Å². The van der Waals surface area contributed by atoms with E-state index in [0.717, 1.165) is 0 Å². The Morgan fingerprint density at radius 1 is 1.08 bits per heavy atom. The van der Waals surface area contributed by atoms with Crippen LogP contribution in [0.4, 0.5) is 4.39 Å². The Labute approximate surface area is 149 Å². The molecule has 0 aliphatic heterocycles. The van der Waals surface area contributed by atoms with Gasteiger partial charge in [0.25, 0.3) is 0 Å². The molecule has 24 heavy (non-hydrogen) atoms. The predicted octanol–water partition coefficient (Wildman–Crippen LogP) is 5.47. The quantitative estimate of drug-likeness (QED) is 0.566. The lowest BCUT2D eigenvalue weighted by Gasteiger charge is -2.17. The van der Waals surface area contributed by atoms with Crippen LogP contribution < -0.4 is 10.1 Å². The van der Waals surface area contributed by atoms with Crippen molar-refractivity contribution in [2.75, 3.05) is 13.2 Å². The third-order valence-corrected chi connectivity index (χ3v) is 4.41. The smallest absolute Gasteiger partial charge is 0.128 e. The van der Waals surface area contributed by atoms with Crippen LogP contribution in [0.1, 0.15) is 18.5 Å². The van der Waals surface area contributed by atoms with Crippen LogP contribution in [-0.4, -0.2) is 13.2 Å². The fourth-order valence-electron chi connectivity index (χ4n) is 2.79. The predicted molar refractivity (Wildman–Crippen MR) is 100.0 cm³/mol. The third kappa shape index (κ3) is 4.13. The van der Waals surface area contributed by atoms with Crippen molar-refractivity contribution in [2.45, 2.75) is 13.0 Å². The Bertz CT molecular complexity index is 811. The first kappa shape index (κ1) is 16.9. The van der Waals surface area contributed by atoms with E-state index in [1.807, 2.05) is 0 Å². The number of ether oxygens (including phenoxy) is 1. The molecule has 0 saturated carbocycles. The molecule has 1 atom stereocenters. The Balaban J connectivity index is 1.58. The molecule has 0 heterocycles. The summed E-state index contributed by atoms with van der Waals surface area (Å²) >= 11 is 3.26. The second-order valence-corrected chi connectivity index (χ2v) is 6.61. The highest BCUT2D eigenvalue weighted by Crippen LogP contribution is 2.24. The van der Waals surface area contributed by atoms with Gasteiger partial charge in [-0.2, -0.15) is 0 Å². The molecule has 0 aromatic heterocycles. The fraction of sp³-hybridized carbons (Fsp3) is 0.200. The van der Waals surface area contributed by atoms with Crippen molar-refractivity contribution >= 4 is 26.7 Å². The summed E-state index contributed by atoms with van der Waals surface area (Å²) in [6, 6.07) is 19.5. The zero-order chi connectivity index (χ0) is 16.9. The second-order valence-electron chi connectivity index (χ2n) is 5.70. The van der Waals surface area contributed by atoms with Crippen LogP contribution in [0.15, 0.2) is 65.1 Å². The SMILES string of the molecule is C[C@@H](NCCOc1cc(F)cc(Br)c1)c1cccc2ccccc12. The maximum atomic E-state index is 13.3. The normalized spacial score (nSPS) is 12.3. The summed E-state index contributed by atoms with van der Waals surface area (Å²) in [4.78, 5) is 0. The number of nitrogens with one attached hydrogen (secondary N) is 1. The minimum Gasteiger partial charge on any atom is -0.492 e. The molecule has 0 spiro atoms. The summed E-state index contributed by atoms with van der Waals surface area (Å²) in [7, 11) is 0. The van der Waals surface area contributed by atoms with Crippen molar-refractivity contribution in [2.24, 2.45) is 0 Å². The first-order chi connectivity index (χ1) is 11.6. The number of hydrogen-bond donors (Lipinski definition) is 1. The lowest BCUT2D eigenvalue weighted by atomic mass is 10.00. The van der Waals surface area contributed by atoms with Crippen molar-refractivity contribution in [1.82, 2.24) is 5.32 Å². The Kier molecular flexibility index (Phi) is 5.48. The molecule has 1 N–H and O–H groups in total. The van der Waals surface area contributed by atoms with E-state index in [0.29, 0.717) is 23.4 Å². The van der Waals surface area contributed by atoms with Gasteiger partial charge < -0.3 is 10.1 Å². The van der Waals surface area contributed by atoms with E-state index in [1.54, 1.807) is 6.07 Å². The molecule has 3 aromatic carbocycles. The van der Waals surface area contributed by atoms with Gasteiger partial charge in [0.05, 0.1) is 0 Å². The molecular weight excluding hydrogens is 369 g/mol. The average Bonchev–Trinajstić information content (AvgIpc) is 2.57. The van der Waals surface area contributed by atoms with E-state index in [1.165, 1.54) is 28.5 Å². The van der Waals surface area contributed by atoms with Crippen LogP contribution in [-0.2, 0) is 0 Å². The molecule has 0 aliphatic rings. The number of fused-ring (bicyclic) bond motifs is 1. The lowest BCUT2D eigenvalue weighted by molar-refractivity contribution is 0.306. The van der Waals surface area contributed by atoms with Gasteiger partial charge in [-0.1, -0.05) is 58.4 Å². The molecule has 0 bridgehead atoms. The summed E-state index contributed by atoms with van der Waals surface area (Å²) < 4.78 is 19.6. The number of halogens is 2. The van der Waals surface area contributed by atoms with Crippen LogP contribution in [0, 0.1) is 5.82 Å². The van der Waals surface area contributed by atoms with Gasteiger partial charge in [-0.25, -0.2) is 4.39 Å². The molecule has 2 nitrogen and oxygen atoms in total. The summed E-state index contributed by atoms with van der Waals surface area (Å²) in [5, 5.41) is 5.96. The summed E-state index contributed by atoms with van der Waals surface area (Å²) in [5.41, 5.74) is 1.27. The molecule has 4 heteroatoms. The van der Waals surface area contributed by atoms with Crippen molar-refractivity contribution in [3.8, 4) is 5.75 Å². The largest absolute Gasteiger partial charge is 0.492 e. The van der Waals surface area contributed by atoms with Gasteiger partial charge in [0.15, 0.2) is 0 Å².